The van der Waals surface area contributed by atoms with Gasteiger partial charge in [-0.2, -0.15) is 0 Å². The Morgan fingerprint density at radius 1 is 1.26 bits per heavy atom. The molecule has 1 fully saturated rings. The molecule has 0 saturated carbocycles. The Morgan fingerprint density at radius 2 is 1.96 bits per heavy atom. The van der Waals surface area contributed by atoms with Gasteiger partial charge in [-0.1, -0.05) is 12.1 Å². The SMILES string of the molecule is CN(C)Cc1cccc(NC(=O)CCC2CCNCC2)c1.Cl.Cl. The van der Waals surface area contributed by atoms with Crippen LogP contribution in [-0.4, -0.2) is 38.0 Å². The maximum absolute atomic E-state index is 12.1. The van der Waals surface area contributed by atoms with Gasteiger partial charge in [0.05, 0.1) is 0 Å². The zero-order chi connectivity index (χ0) is 15.1. The lowest BCUT2D eigenvalue weighted by atomic mass is 9.93. The van der Waals surface area contributed by atoms with E-state index in [0.29, 0.717) is 12.3 Å². The fourth-order valence-electron chi connectivity index (χ4n) is 2.84. The summed E-state index contributed by atoms with van der Waals surface area (Å²) in [6.45, 7) is 3.08. The lowest BCUT2D eigenvalue weighted by Crippen LogP contribution is -2.28. The van der Waals surface area contributed by atoms with E-state index < -0.39 is 0 Å². The third kappa shape index (κ3) is 8.56. The minimum absolute atomic E-state index is 0. The van der Waals surface area contributed by atoms with E-state index in [1.165, 1.54) is 18.4 Å². The molecule has 1 aliphatic heterocycles. The summed E-state index contributed by atoms with van der Waals surface area (Å²) in [7, 11) is 4.09. The molecule has 1 aromatic rings. The van der Waals surface area contributed by atoms with E-state index in [0.717, 1.165) is 31.7 Å². The molecule has 0 aliphatic carbocycles. The molecule has 1 amide bonds. The second-order valence-electron chi connectivity index (χ2n) is 6.22. The van der Waals surface area contributed by atoms with Crippen LogP contribution < -0.4 is 10.6 Å². The molecule has 2 N–H and O–H groups in total. The Labute approximate surface area is 152 Å². The highest BCUT2D eigenvalue weighted by molar-refractivity contribution is 5.90. The standard InChI is InChI=1S/C17H27N3O.2ClH/c1-20(2)13-15-4-3-5-16(12-15)19-17(21)7-6-14-8-10-18-11-9-14;;/h3-5,12,14,18H,6-11,13H2,1-2H3,(H,19,21);2*1H. The number of carbonyl (C=O) groups is 1. The molecule has 4 nitrogen and oxygen atoms in total. The Hall–Kier alpha value is -0.810. The molecule has 1 aromatic carbocycles. The van der Waals surface area contributed by atoms with Crippen molar-refractivity contribution in [2.45, 2.75) is 32.2 Å². The molecule has 0 unspecified atom stereocenters. The van der Waals surface area contributed by atoms with Gasteiger partial charge >= 0.3 is 0 Å². The van der Waals surface area contributed by atoms with Crippen molar-refractivity contribution in [2.75, 3.05) is 32.5 Å². The second kappa shape index (κ2) is 11.7. The number of amides is 1. The maximum Gasteiger partial charge on any atom is 0.224 e. The molecule has 1 saturated heterocycles. The zero-order valence-electron chi connectivity index (χ0n) is 14.0. The number of hydrogen-bond donors (Lipinski definition) is 2. The third-order valence-electron chi connectivity index (χ3n) is 3.95. The Kier molecular flexibility index (Phi) is 11.3. The summed E-state index contributed by atoms with van der Waals surface area (Å²) in [5, 5.41) is 6.38. The molecule has 0 atom stereocenters. The van der Waals surface area contributed by atoms with Crippen LogP contribution in [0.15, 0.2) is 24.3 Å². The maximum atomic E-state index is 12.1. The van der Waals surface area contributed by atoms with Crippen LogP contribution in [0.2, 0.25) is 0 Å². The van der Waals surface area contributed by atoms with Gasteiger partial charge in [0.25, 0.3) is 0 Å². The molecule has 2 rings (SSSR count). The topological polar surface area (TPSA) is 44.4 Å². The van der Waals surface area contributed by atoms with Crippen LogP contribution in [0.1, 0.15) is 31.2 Å². The van der Waals surface area contributed by atoms with Crippen LogP contribution in [0.4, 0.5) is 5.69 Å². The van der Waals surface area contributed by atoms with Crippen molar-refractivity contribution in [1.82, 2.24) is 10.2 Å². The average molecular weight is 362 g/mol. The Morgan fingerprint density at radius 3 is 2.61 bits per heavy atom. The number of benzene rings is 1. The smallest absolute Gasteiger partial charge is 0.224 e. The number of anilines is 1. The fraction of sp³-hybridized carbons (Fsp3) is 0.588. The van der Waals surface area contributed by atoms with E-state index in [4.69, 9.17) is 0 Å². The molecule has 1 aliphatic rings. The molecule has 6 heteroatoms. The lowest BCUT2D eigenvalue weighted by molar-refractivity contribution is -0.116. The van der Waals surface area contributed by atoms with Crippen molar-refractivity contribution in [2.24, 2.45) is 5.92 Å². The van der Waals surface area contributed by atoms with E-state index in [2.05, 4.69) is 27.7 Å². The normalized spacial score (nSPS) is 14.7. The number of nitrogens with zero attached hydrogens (tertiary/aromatic N) is 1. The van der Waals surface area contributed by atoms with Gasteiger partial charge < -0.3 is 15.5 Å². The van der Waals surface area contributed by atoms with Gasteiger partial charge in [0, 0.05) is 18.7 Å². The largest absolute Gasteiger partial charge is 0.326 e. The number of halogens is 2. The first kappa shape index (κ1) is 22.2. The number of piperidine rings is 1. The number of nitrogens with one attached hydrogen (secondary N) is 2. The summed E-state index contributed by atoms with van der Waals surface area (Å²) in [5.41, 5.74) is 2.13. The third-order valence-corrected chi connectivity index (χ3v) is 3.95. The van der Waals surface area contributed by atoms with Crippen LogP contribution in [0.5, 0.6) is 0 Å². The number of carbonyl (C=O) groups excluding carboxylic acids is 1. The summed E-state index contributed by atoms with van der Waals surface area (Å²) in [5.74, 6) is 0.840. The van der Waals surface area contributed by atoms with Crippen molar-refractivity contribution in [3.8, 4) is 0 Å². The van der Waals surface area contributed by atoms with Crippen LogP contribution in [0.3, 0.4) is 0 Å². The van der Waals surface area contributed by atoms with E-state index in [1.54, 1.807) is 0 Å². The first-order valence-electron chi connectivity index (χ1n) is 7.88. The minimum atomic E-state index is 0. The van der Waals surface area contributed by atoms with Gasteiger partial charge in [0.1, 0.15) is 0 Å². The summed E-state index contributed by atoms with van der Waals surface area (Å²) < 4.78 is 0. The number of rotatable bonds is 6. The summed E-state index contributed by atoms with van der Waals surface area (Å²) >= 11 is 0. The predicted octanol–water partition coefficient (Wildman–Crippen LogP) is 3.31. The Balaban J connectivity index is 0.00000242. The predicted molar refractivity (Wildman–Crippen MR) is 102 cm³/mol. The van der Waals surface area contributed by atoms with Crippen molar-refractivity contribution < 1.29 is 4.79 Å². The summed E-state index contributed by atoms with van der Waals surface area (Å²) in [6.07, 6.45) is 4.03. The highest BCUT2D eigenvalue weighted by Gasteiger charge is 2.14. The van der Waals surface area contributed by atoms with Gasteiger partial charge in [0.2, 0.25) is 5.91 Å². The molecule has 0 radical (unpaired) electrons. The van der Waals surface area contributed by atoms with Gasteiger partial charge in [-0.15, -0.1) is 24.8 Å². The molecule has 0 aromatic heterocycles. The zero-order valence-corrected chi connectivity index (χ0v) is 15.6. The average Bonchev–Trinajstić information content (AvgIpc) is 2.46. The molecular weight excluding hydrogens is 333 g/mol. The second-order valence-corrected chi connectivity index (χ2v) is 6.22. The van der Waals surface area contributed by atoms with Crippen LogP contribution in [0, 0.1) is 5.92 Å². The summed E-state index contributed by atoms with van der Waals surface area (Å²) in [4.78, 5) is 14.2. The highest BCUT2D eigenvalue weighted by Crippen LogP contribution is 2.18. The van der Waals surface area contributed by atoms with Gasteiger partial charge in [0.15, 0.2) is 0 Å². The molecule has 0 spiro atoms. The van der Waals surface area contributed by atoms with E-state index in [-0.39, 0.29) is 30.7 Å². The van der Waals surface area contributed by atoms with Gasteiger partial charge in [-0.25, -0.2) is 0 Å². The van der Waals surface area contributed by atoms with Crippen LogP contribution >= 0.6 is 24.8 Å². The van der Waals surface area contributed by atoms with Crippen molar-refractivity contribution in [1.29, 1.82) is 0 Å². The van der Waals surface area contributed by atoms with E-state index in [1.807, 2.05) is 26.2 Å². The molecule has 0 bridgehead atoms. The lowest BCUT2D eigenvalue weighted by Gasteiger charge is -2.22. The van der Waals surface area contributed by atoms with Crippen molar-refractivity contribution in [3.63, 3.8) is 0 Å². The molecule has 1 heterocycles. The Bertz CT molecular complexity index is 463. The minimum Gasteiger partial charge on any atom is -0.326 e. The van der Waals surface area contributed by atoms with Crippen LogP contribution in [-0.2, 0) is 11.3 Å². The van der Waals surface area contributed by atoms with E-state index in [9.17, 15) is 4.79 Å². The quantitative estimate of drug-likeness (QED) is 0.816. The first-order chi connectivity index (χ1) is 10.1. The summed E-state index contributed by atoms with van der Waals surface area (Å²) in [6, 6.07) is 8.11. The fourth-order valence-corrected chi connectivity index (χ4v) is 2.84. The molecule has 23 heavy (non-hydrogen) atoms. The van der Waals surface area contributed by atoms with Gasteiger partial charge in [-0.3, -0.25) is 4.79 Å². The molecular formula is C17H29Cl2N3O. The van der Waals surface area contributed by atoms with Crippen molar-refractivity contribution >= 4 is 36.4 Å². The first-order valence-corrected chi connectivity index (χ1v) is 7.88. The monoisotopic (exact) mass is 361 g/mol. The highest BCUT2D eigenvalue weighted by atomic mass is 35.5. The van der Waals surface area contributed by atoms with Crippen molar-refractivity contribution in [3.05, 3.63) is 29.8 Å². The van der Waals surface area contributed by atoms with Gasteiger partial charge in [-0.05, 0) is 70.1 Å². The van der Waals surface area contributed by atoms with Crippen LogP contribution in [0.25, 0.3) is 0 Å². The number of hydrogen-bond acceptors (Lipinski definition) is 3. The van der Waals surface area contributed by atoms with E-state index >= 15 is 0 Å². The molecule has 132 valence electrons.